The van der Waals surface area contributed by atoms with Crippen molar-refractivity contribution >= 4 is 39.1 Å². The Morgan fingerprint density at radius 3 is 2.58 bits per heavy atom. The maximum absolute atomic E-state index is 13.1. The normalized spacial score (nSPS) is 17.1. The first kappa shape index (κ1) is 25.0. The number of carbonyl (C=O) groups is 2. The predicted octanol–water partition coefficient (Wildman–Crippen LogP) is 3.76. The quantitative estimate of drug-likeness (QED) is 0.552. The van der Waals surface area contributed by atoms with Crippen LogP contribution in [0.5, 0.6) is 0 Å². The van der Waals surface area contributed by atoms with E-state index in [9.17, 15) is 18.0 Å². The Balaban J connectivity index is 1.62. The Morgan fingerprint density at radius 2 is 1.88 bits per heavy atom. The van der Waals surface area contributed by atoms with Gasteiger partial charge in [0.15, 0.2) is 0 Å². The molecule has 0 saturated carbocycles. The van der Waals surface area contributed by atoms with Crippen molar-refractivity contribution in [2.45, 2.75) is 43.0 Å². The summed E-state index contributed by atoms with van der Waals surface area (Å²) in [5.41, 5.74) is 1.43. The van der Waals surface area contributed by atoms with Crippen molar-refractivity contribution in [3.8, 4) is 0 Å². The number of sulfonamides is 1. The summed E-state index contributed by atoms with van der Waals surface area (Å²) in [7, 11) is -3.75. The minimum atomic E-state index is -3.75. The van der Waals surface area contributed by atoms with Gasteiger partial charge in [-0.3, -0.25) is 9.59 Å². The van der Waals surface area contributed by atoms with Gasteiger partial charge >= 0.3 is 0 Å². The molecule has 9 heteroatoms. The molecular weight excluding hydrogens is 462 g/mol. The van der Waals surface area contributed by atoms with Crippen molar-refractivity contribution in [3.05, 3.63) is 71.8 Å². The van der Waals surface area contributed by atoms with E-state index in [1.807, 2.05) is 30.3 Å². The molecule has 3 rings (SSSR count). The van der Waals surface area contributed by atoms with Gasteiger partial charge in [0.1, 0.15) is 0 Å². The average molecular weight is 490 g/mol. The Hall–Kier alpha value is -2.68. The van der Waals surface area contributed by atoms with Gasteiger partial charge in [0.2, 0.25) is 21.8 Å². The predicted molar refractivity (Wildman–Crippen MR) is 130 cm³/mol. The second-order valence-corrected chi connectivity index (χ2v) is 10.3. The maximum Gasteiger partial charge on any atom is 0.243 e. The second kappa shape index (κ2) is 11.4. The number of carbonyl (C=O) groups excluding carboxylic acids is 2. The van der Waals surface area contributed by atoms with Crippen LogP contribution in [0.1, 0.15) is 31.2 Å². The summed E-state index contributed by atoms with van der Waals surface area (Å²) in [4.78, 5) is 23.9. The molecule has 2 aromatic carbocycles. The highest BCUT2D eigenvalue weighted by molar-refractivity contribution is 7.89. The molecule has 2 N–H and O–H groups in total. The standard InChI is InChI=1S/C24H28ClN3O4S/c1-2-23(29)26-19-9-6-15-28(16-14-19)33(31,32)20-11-12-22(21(25)17-20)27-24(30)13-10-18-7-4-3-5-8-18/h2-5,7-8,11-12,17,19H,1,6,9-10,13-16H2,(H,26,29)(H,27,30). The van der Waals surface area contributed by atoms with Gasteiger partial charge in [0, 0.05) is 25.6 Å². The van der Waals surface area contributed by atoms with Gasteiger partial charge in [-0.25, -0.2) is 8.42 Å². The number of hydrogen-bond donors (Lipinski definition) is 2. The van der Waals surface area contributed by atoms with Gasteiger partial charge in [-0.1, -0.05) is 48.5 Å². The Morgan fingerprint density at radius 1 is 1.12 bits per heavy atom. The zero-order valence-electron chi connectivity index (χ0n) is 18.3. The molecule has 1 heterocycles. The van der Waals surface area contributed by atoms with Crippen molar-refractivity contribution in [1.29, 1.82) is 0 Å². The molecule has 2 aromatic rings. The summed E-state index contributed by atoms with van der Waals surface area (Å²) >= 11 is 6.31. The van der Waals surface area contributed by atoms with Crippen LogP contribution < -0.4 is 10.6 Å². The summed E-state index contributed by atoms with van der Waals surface area (Å²) < 4.78 is 27.7. The Labute approximate surface area is 199 Å². The van der Waals surface area contributed by atoms with Crippen LogP contribution in [0.15, 0.2) is 66.1 Å². The van der Waals surface area contributed by atoms with Crippen LogP contribution in [0.4, 0.5) is 5.69 Å². The van der Waals surface area contributed by atoms with Crippen molar-refractivity contribution in [2.24, 2.45) is 0 Å². The number of nitrogens with one attached hydrogen (secondary N) is 2. The monoisotopic (exact) mass is 489 g/mol. The third-order valence-corrected chi connectivity index (χ3v) is 7.76. The van der Waals surface area contributed by atoms with Crippen LogP contribution in [0.25, 0.3) is 0 Å². The van der Waals surface area contributed by atoms with Crippen LogP contribution in [-0.4, -0.2) is 43.7 Å². The van der Waals surface area contributed by atoms with E-state index < -0.39 is 10.0 Å². The van der Waals surface area contributed by atoms with Gasteiger partial charge in [-0.15, -0.1) is 0 Å². The zero-order chi connectivity index (χ0) is 23.8. The number of hydrogen-bond acceptors (Lipinski definition) is 4. The van der Waals surface area contributed by atoms with Crippen LogP contribution in [-0.2, 0) is 26.0 Å². The Kier molecular flexibility index (Phi) is 8.66. The molecule has 0 aromatic heterocycles. The summed E-state index contributed by atoms with van der Waals surface area (Å²) in [5, 5.41) is 5.75. The minimum Gasteiger partial charge on any atom is -0.350 e. The highest BCUT2D eigenvalue weighted by Crippen LogP contribution is 2.28. The number of aryl methyl sites for hydroxylation is 1. The van der Waals surface area contributed by atoms with Crippen LogP contribution in [0.2, 0.25) is 5.02 Å². The number of nitrogens with zero attached hydrogens (tertiary/aromatic N) is 1. The van der Waals surface area contributed by atoms with Crippen LogP contribution in [0, 0.1) is 0 Å². The molecule has 7 nitrogen and oxygen atoms in total. The summed E-state index contributed by atoms with van der Waals surface area (Å²) in [6, 6.07) is 13.9. The van der Waals surface area contributed by atoms with Gasteiger partial charge in [0.05, 0.1) is 15.6 Å². The van der Waals surface area contributed by atoms with Gasteiger partial charge < -0.3 is 10.6 Å². The van der Waals surface area contributed by atoms with Crippen molar-refractivity contribution in [2.75, 3.05) is 18.4 Å². The largest absolute Gasteiger partial charge is 0.350 e. The number of rotatable bonds is 8. The fraction of sp³-hybridized carbons (Fsp3) is 0.333. The molecule has 1 fully saturated rings. The number of benzene rings is 2. The molecule has 0 spiro atoms. The van der Waals surface area contributed by atoms with Crippen LogP contribution in [0.3, 0.4) is 0 Å². The van der Waals surface area contributed by atoms with E-state index >= 15 is 0 Å². The zero-order valence-corrected chi connectivity index (χ0v) is 19.9. The van der Waals surface area contributed by atoms with Crippen molar-refractivity contribution < 1.29 is 18.0 Å². The lowest BCUT2D eigenvalue weighted by molar-refractivity contribution is -0.117. The second-order valence-electron chi connectivity index (χ2n) is 7.92. The lowest BCUT2D eigenvalue weighted by atomic mass is 10.1. The number of anilines is 1. The molecule has 1 atom stereocenters. The fourth-order valence-electron chi connectivity index (χ4n) is 3.74. The van der Waals surface area contributed by atoms with E-state index in [4.69, 9.17) is 11.6 Å². The minimum absolute atomic E-state index is 0.0726. The third-order valence-electron chi connectivity index (χ3n) is 5.55. The molecule has 1 unspecified atom stereocenters. The molecule has 176 valence electrons. The first-order chi connectivity index (χ1) is 15.8. The highest BCUT2D eigenvalue weighted by atomic mass is 35.5. The van der Waals surface area contributed by atoms with E-state index in [2.05, 4.69) is 17.2 Å². The molecule has 0 radical (unpaired) electrons. The molecule has 0 aliphatic carbocycles. The molecule has 1 aliphatic rings. The summed E-state index contributed by atoms with van der Waals surface area (Å²) in [6.07, 6.45) is 3.94. The molecule has 2 amide bonds. The van der Waals surface area contributed by atoms with E-state index in [0.29, 0.717) is 44.5 Å². The first-order valence-corrected chi connectivity index (χ1v) is 12.7. The van der Waals surface area contributed by atoms with E-state index in [1.165, 1.54) is 28.6 Å². The van der Waals surface area contributed by atoms with Crippen LogP contribution >= 0.6 is 11.6 Å². The highest BCUT2D eigenvalue weighted by Gasteiger charge is 2.28. The number of halogens is 1. The summed E-state index contributed by atoms with van der Waals surface area (Å²) in [5.74, 6) is -0.457. The van der Waals surface area contributed by atoms with E-state index in [0.717, 1.165) is 5.56 Å². The molecule has 1 saturated heterocycles. The molecule has 0 bridgehead atoms. The Bertz CT molecular complexity index is 1110. The van der Waals surface area contributed by atoms with Gasteiger partial charge in [-0.05, 0) is 55.5 Å². The van der Waals surface area contributed by atoms with Gasteiger partial charge in [0.25, 0.3) is 0 Å². The van der Waals surface area contributed by atoms with E-state index in [1.54, 1.807) is 0 Å². The van der Waals surface area contributed by atoms with Crippen molar-refractivity contribution in [3.63, 3.8) is 0 Å². The smallest absolute Gasteiger partial charge is 0.243 e. The first-order valence-electron chi connectivity index (χ1n) is 10.9. The summed E-state index contributed by atoms with van der Waals surface area (Å²) in [6.45, 7) is 4.09. The lowest BCUT2D eigenvalue weighted by Crippen LogP contribution is -2.36. The topological polar surface area (TPSA) is 95.6 Å². The SMILES string of the molecule is C=CC(=O)NC1CCCN(S(=O)(=O)c2ccc(NC(=O)CCc3ccccc3)c(Cl)c2)CC1. The van der Waals surface area contributed by atoms with Crippen molar-refractivity contribution in [1.82, 2.24) is 9.62 Å². The molecule has 33 heavy (non-hydrogen) atoms. The third kappa shape index (κ3) is 6.90. The van der Waals surface area contributed by atoms with Gasteiger partial charge in [-0.2, -0.15) is 4.31 Å². The lowest BCUT2D eigenvalue weighted by Gasteiger charge is -2.21. The number of amides is 2. The fourth-order valence-corrected chi connectivity index (χ4v) is 5.55. The maximum atomic E-state index is 13.1. The average Bonchev–Trinajstić information content (AvgIpc) is 3.05. The molecular formula is C24H28ClN3O4S. The molecule has 1 aliphatic heterocycles. The van der Waals surface area contributed by atoms with E-state index in [-0.39, 0.29) is 34.2 Å².